The molecule has 1 atom stereocenters. The summed E-state index contributed by atoms with van der Waals surface area (Å²) in [7, 11) is 3.19. The zero-order valence-electron chi connectivity index (χ0n) is 11.6. The van der Waals surface area contributed by atoms with Crippen LogP contribution in [0.25, 0.3) is 0 Å². The molecule has 1 heterocycles. The van der Waals surface area contributed by atoms with Gasteiger partial charge in [0.15, 0.2) is 11.6 Å². The topological polar surface area (TPSA) is 54.8 Å². The first kappa shape index (κ1) is 15.8. The largest absolute Gasteiger partial charge is 0.392 e. The molecule has 0 bridgehead atoms. The van der Waals surface area contributed by atoms with Gasteiger partial charge in [-0.25, -0.2) is 9.37 Å². The maximum Gasteiger partial charge on any atom is 0.171 e. The second-order valence-electron chi connectivity index (χ2n) is 4.26. The van der Waals surface area contributed by atoms with Gasteiger partial charge in [-0.15, -0.1) is 0 Å². The lowest BCUT2D eigenvalue weighted by atomic mass is 10.2. The van der Waals surface area contributed by atoms with Gasteiger partial charge in [-0.2, -0.15) is 0 Å². The zero-order valence-corrected chi connectivity index (χ0v) is 11.6. The first-order chi connectivity index (χ1) is 9.15. The van der Waals surface area contributed by atoms with Gasteiger partial charge >= 0.3 is 0 Å². The molecule has 5 nitrogen and oxygen atoms in total. The monoisotopic (exact) mass is 272 g/mol. The average Bonchev–Trinajstić information content (AvgIpc) is 2.41. The fraction of sp³-hybridized carbons (Fsp3) is 0.615. The molecule has 1 rings (SSSR count). The highest BCUT2D eigenvalue weighted by Gasteiger charge is 2.20. The lowest BCUT2D eigenvalue weighted by molar-refractivity contribution is 0.170. The Morgan fingerprint density at radius 2 is 2.16 bits per heavy atom. The van der Waals surface area contributed by atoms with Crippen LogP contribution in [0.4, 0.5) is 10.2 Å². The van der Waals surface area contributed by atoms with E-state index in [2.05, 4.69) is 4.98 Å². The van der Waals surface area contributed by atoms with Crippen molar-refractivity contribution in [2.24, 2.45) is 0 Å². The van der Waals surface area contributed by atoms with Gasteiger partial charge in [0, 0.05) is 32.5 Å². The van der Waals surface area contributed by atoms with Crippen molar-refractivity contribution in [3.05, 3.63) is 23.6 Å². The van der Waals surface area contributed by atoms with Gasteiger partial charge in [-0.3, -0.25) is 0 Å². The summed E-state index contributed by atoms with van der Waals surface area (Å²) in [5.74, 6) is -0.280. The Morgan fingerprint density at radius 3 is 2.74 bits per heavy atom. The van der Waals surface area contributed by atoms with Gasteiger partial charge in [0.1, 0.15) is 0 Å². The van der Waals surface area contributed by atoms with Crippen molar-refractivity contribution in [2.75, 3.05) is 38.9 Å². The van der Waals surface area contributed by atoms with Crippen LogP contribution in [0.2, 0.25) is 0 Å². The molecular weight excluding hydrogens is 251 g/mol. The Hall–Kier alpha value is -1.24. The normalized spacial score (nSPS) is 12.5. The molecule has 0 fully saturated rings. The summed E-state index contributed by atoms with van der Waals surface area (Å²) in [6.45, 7) is 2.98. The summed E-state index contributed by atoms with van der Waals surface area (Å²) in [5, 5.41) is 9.11. The molecule has 0 saturated carbocycles. The number of nitrogens with zero attached hydrogens (tertiary/aromatic N) is 2. The van der Waals surface area contributed by atoms with E-state index in [1.165, 1.54) is 12.3 Å². The van der Waals surface area contributed by atoms with Gasteiger partial charge in [-0.05, 0) is 13.0 Å². The predicted molar refractivity (Wildman–Crippen MR) is 70.7 cm³/mol. The third kappa shape index (κ3) is 4.12. The summed E-state index contributed by atoms with van der Waals surface area (Å²) in [6, 6.07) is 1.42. The number of hydrogen-bond acceptors (Lipinski definition) is 5. The lowest BCUT2D eigenvalue weighted by Crippen LogP contribution is -2.40. The number of rotatable bonds is 8. The number of halogens is 1. The van der Waals surface area contributed by atoms with Crippen LogP contribution in [-0.2, 0) is 16.1 Å². The zero-order chi connectivity index (χ0) is 14.3. The van der Waals surface area contributed by atoms with Crippen molar-refractivity contribution in [1.82, 2.24) is 4.98 Å². The molecule has 1 unspecified atom stereocenters. The number of pyridine rings is 1. The third-order valence-corrected chi connectivity index (χ3v) is 2.87. The molecule has 0 aliphatic carbocycles. The molecule has 108 valence electrons. The molecular formula is C13H21FN2O3. The fourth-order valence-corrected chi connectivity index (χ4v) is 1.85. The van der Waals surface area contributed by atoms with E-state index in [4.69, 9.17) is 14.6 Å². The van der Waals surface area contributed by atoms with Crippen LogP contribution in [0.3, 0.4) is 0 Å². The van der Waals surface area contributed by atoms with E-state index in [0.717, 1.165) is 0 Å². The minimum absolute atomic E-state index is 0.0453. The SMILES string of the molecule is COCCN(c1nccc(CO)c1F)C(C)COC. The molecule has 0 amide bonds. The maximum absolute atomic E-state index is 14.2. The standard InChI is InChI=1S/C13H21FN2O3/c1-10(9-19-3)16(6-7-18-2)13-12(14)11(8-17)4-5-15-13/h4-5,10,17H,6-9H2,1-3H3. The number of hydrogen-bond donors (Lipinski definition) is 1. The molecule has 1 aromatic heterocycles. The lowest BCUT2D eigenvalue weighted by Gasteiger charge is -2.30. The highest BCUT2D eigenvalue weighted by Crippen LogP contribution is 2.21. The van der Waals surface area contributed by atoms with Crippen molar-refractivity contribution in [3.8, 4) is 0 Å². The van der Waals surface area contributed by atoms with Crippen LogP contribution in [0, 0.1) is 5.82 Å². The fourth-order valence-electron chi connectivity index (χ4n) is 1.85. The molecule has 1 N–H and O–H groups in total. The minimum Gasteiger partial charge on any atom is -0.392 e. The molecule has 1 aromatic rings. The van der Waals surface area contributed by atoms with E-state index >= 15 is 0 Å². The average molecular weight is 272 g/mol. The van der Waals surface area contributed by atoms with Crippen LogP contribution in [0.15, 0.2) is 12.3 Å². The highest BCUT2D eigenvalue weighted by molar-refractivity contribution is 5.44. The van der Waals surface area contributed by atoms with E-state index < -0.39 is 5.82 Å². The molecule has 0 spiro atoms. The second-order valence-corrected chi connectivity index (χ2v) is 4.26. The summed E-state index contributed by atoms with van der Waals surface area (Å²) < 4.78 is 24.3. The van der Waals surface area contributed by atoms with Crippen molar-refractivity contribution in [2.45, 2.75) is 19.6 Å². The van der Waals surface area contributed by atoms with E-state index in [1.807, 2.05) is 6.92 Å². The maximum atomic E-state index is 14.2. The predicted octanol–water partition coefficient (Wildman–Crippen LogP) is 1.20. The number of aliphatic hydroxyl groups is 1. The first-order valence-corrected chi connectivity index (χ1v) is 6.14. The quantitative estimate of drug-likeness (QED) is 0.770. The van der Waals surface area contributed by atoms with Crippen molar-refractivity contribution in [1.29, 1.82) is 0 Å². The van der Waals surface area contributed by atoms with Gasteiger partial charge in [-0.1, -0.05) is 0 Å². The number of aliphatic hydroxyl groups excluding tert-OH is 1. The number of anilines is 1. The Morgan fingerprint density at radius 1 is 1.42 bits per heavy atom. The van der Waals surface area contributed by atoms with Crippen LogP contribution in [0.5, 0.6) is 0 Å². The highest BCUT2D eigenvalue weighted by atomic mass is 19.1. The van der Waals surface area contributed by atoms with Crippen LogP contribution >= 0.6 is 0 Å². The van der Waals surface area contributed by atoms with Gasteiger partial charge in [0.05, 0.1) is 25.9 Å². The summed E-state index contributed by atoms with van der Waals surface area (Å²) in [4.78, 5) is 5.85. The smallest absolute Gasteiger partial charge is 0.171 e. The van der Waals surface area contributed by atoms with Gasteiger partial charge in [0.2, 0.25) is 0 Å². The van der Waals surface area contributed by atoms with Crippen molar-refractivity contribution >= 4 is 5.82 Å². The summed E-state index contributed by atoms with van der Waals surface area (Å²) in [6.07, 6.45) is 1.49. The third-order valence-electron chi connectivity index (χ3n) is 2.87. The molecule has 6 heteroatoms. The Balaban J connectivity index is 3.02. The van der Waals surface area contributed by atoms with Gasteiger partial charge in [0.25, 0.3) is 0 Å². The van der Waals surface area contributed by atoms with E-state index in [9.17, 15) is 4.39 Å². The molecule has 0 saturated heterocycles. The second kappa shape index (κ2) is 8.04. The van der Waals surface area contributed by atoms with E-state index in [0.29, 0.717) is 19.8 Å². The van der Waals surface area contributed by atoms with Crippen LogP contribution < -0.4 is 4.90 Å². The molecule has 19 heavy (non-hydrogen) atoms. The number of ether oxygens (including phenoxy) is 2. The summed E-state index contributed by atoms with van der Waals surface area (Å²) >= 11 is 0. The first-order valence-electron chi connectivity index (χ1n) is 6.14. The van der Waals surface area contributed by atoms with Crippen LogP contribution in [0.1, 0.15) is 12.5 Å². The minimum atomic E-state index is -0.496. The van der Waals surface area contributed by atoms with E-state index in [1.54, 1.807) is 19.1 Å². The Bertz CT molecular complexity index is 390. The van der Waals surface area contributed by atoms with Crippen LogP contribution in [-0.4, -0.2) is 50.1 Å². The van der Waals surface area contributed by atoms with Crippen molar-refractivity contribution < 1.29 is 19.0 Å². The molecule has 0 aliphatic rings. The number of aromatic nitrogens is 1. The van der Waals surface area contributed by atoms with Gasteiger partial charge < -0.3 is 19.5 Å². The van der Waals surface area contributed by atoms with Crippen molar-refractivity contribution in [3.63, 3.8) is 0 Å². The Kier molecular flexibility index (Phi) is 6.69. The summed E-state index contributed by atoms with van der Waals surface area (Å²) in [5.41, 5.74) is 0.233. The van der Waals surface area contributed by atoms with E-state index in [-0.39, 0.29) is 24.0 Å². The molecule has 0 aromatic carbocycles. The Labute approximate surface area is 113 Å². The molecule has 0 radical (unpaired) electrons. The molecule has 0 aliphatic heterocycles. The number of methoxy groups -OCH3 is 2.